The molecule has 0 bridgehead atoms. The zero-order chi connectivity index (χ0) is 14.5. The smallest absolute Gasteiger partial charge is 0.125 e. The molecule has 0 aromatic heterocycles. The maximum absolute atomic E-state index is 6.09. The van der Waals surface area contributed by atoms with Gasteiger partial charge in [-0.05, 0) is 43.4 Å². The third kappa shape index (κ3) is 3.67. The summed E-state index contributed by atoms with van der Waals surface area (Å²) in [5, 5.41) is 4.39. The lowest BCUT2D eigenvalue weighted by atomic mass is 9.76. The molecule has 0 saturated heterocycles. The Morgan fingerprint density at radius 2 is 2.20 bits per heavy atom. The number of halogens is 1. The number of rotatable bonds is 5. The number of ether oxygens (including phenoxy) is 1. The van der Waals surface area contributed by atoms with Crippen molar-refractivity contribution in [1.29, 1.82) is 0 Å². The molecule has 112 valence electrons. The third-order valence-electron chi connectivity index (χ3n) is 4.40. The maximum Gasteiger partial charge on any atom is 0.125 e. The fourth-order valence-electron chi connectivity index (χ4n) is 3.48. The van der Waals surface area contributed by atoms with Crippen molar-refractivity contribution < 1.29 is 4.74 Å². The van der Waals surface area contributed by atoms with E-state index in [0.717, 1.165) is 23.2 Å². The van der Waals surface area contributed by atoms with Crippen LogP contribution in [0.3, 0.4) is 0 Å². The van der Waals surface area contributed by atoms with Crippen LogP contribution in [0.15, 0.2) is 18.2 Å². The van der Waals surface area contributed by atoms with Crippen molar-refractivity contribution in [3.63, 3.8) is 0 Å². The van der Waals surface area contributed by atoms with E-state index in [0.29, 0.717) is 12.0 Å². The van der Waals surface area contributed by atoms with Crippen LogP contribution in [0.2, 0.25) is 5.02 Å². The molecule has 1 aromatic carbocycles. The van der Waals surface area contributed by atoms with E-state index in [1.807, 2.05) is 12.1 Å². The normalized spacial score (nSPS) is 24.4. The molecule has 2 rings (SSSR count). The second kappa shape index (κ2) is 7.33. The van der Waals surface area contributed by atoms with Gasteiger partial charge in [-0.25, -0.2) is 0 Å². The number of methoxy groups -OCH3 is 1. The molecule has 3 unspecified atom stereocenters. The molecule has 3 atom stereocenters. The molecule has 0 amide bonds. The highest BCUT2D eigenvalue weighted by molar-refractivity contribution is 6.30. The highest BCUT2D eigenvalue weighted by atomic mass is 35.5. The quantitative estimate of drug-likeness (QED) is 0.840. The lowest BCUT2D eigenvalue weighted by molar-refractivity contribution is 0.222. The summed E-state index contributed by atoms with van der Waals surface area (Å²) >= 11 is 6.09. The molecule has 1 aromatic rings. The Labute approximate surface area is 127 Å². The molecule has 0 radical (unpaired) electrons. The lowest BCUT2D eigenvalue weighted by Gasteiger charge is -2.34. The minimum Gasteiger partial charge on any atom is -0.496 e. The molecule has 1 aliphatic carbocycles. The topological polar surface area (TPSA) is 21.3 Å². The van der Waals surface area contributed by atoms with Crippen LogP contribution in [0.4, 0.5) is 0 Å². The van der Waals surface area contributed by atoms with Crippen LogP contribution >= 0.6 is 11.6 Å². The van der Waals surface area contributed by atoms with Gasteiger partial charge in [0.15, 0.2) is 0 Å². The van der Waals surface area contributed by atoms with E-state index >= 15 is 0 Å². The van der Waals surface area contributed by atoms with Crippen LogP contribution in [0, 0.1) is 11.8 Å². The summed E-state index contributed by atoms with van der Waals surface area (Å²) in [6, 6.07) is 6.38. The van der Waals surface area contributed by atoms with E-state index in [-0.39, 0.29) is 0 Å². The van der Waals surface area contributed by atoms with Crippen molar-refractivity contribution in [3.05, 3.63) is 28.8 Å². The molecule has 1 fully saturated rings. The van der Waals surface area contributed by atoms with E-state index in [1.54, 1.807) is 7.11 Å². The van der Waals surface area contributed by atoms with E-state index in [1.165, 1.54) is 31.2 Å². The Hall–Kier alpha value is -0.730. The first-order chi connectivity index (χ1) is 9.65. The van der Waals surface area contributed by atoms with Crippen molar-refractivity contribution in [2.75, 3.05) is 13.7 Å². The fourth-order valence-corrected chi connectivity index (χ4v) is 3.64. The second-order valence-electron chi connectivity index (χ2n) is 5.95. The average molecular weight is 296 g/mol. The van der Waals surface area contributed by atoms with Crippen LogP contribution in [-0.2, 0) is 0 Å². The molecule has 1 aliphatic rings. The van der Waals surface area contributed by atoms with Gasteiger partial charge in [-0.2, -0.15) is 0 Å². The minimum absolute atomic E-state index is 0.370. The molecule has 20 heavy (non-hydrogen) atoms. The minimum atomic E-state index is 0.370. The molecular formula is C17H26ClNO. The summed E-state index contributed by atoms with van der Waals surface area (Å²) < 4.78 is 5.55. The van der Waals surface area contributed by atoms with Crippen molar-refractivity contribution in [3.8, 4) is 5.75 Å². The Balaban J connectivity index is 2.27. The van der Waals surface area contributed by atoms with E-state index in [4.69, 9.17) is 16.3 Å². The third-order valence-corrected chi connectivity index (χ3v) is 4.64. The van der Waals surface area contributed by atoms with Gasteiger partial charge in [0, 0.05) is 16.6 Å². The Morgan fingerprint density at radius 1 is 1.40 bits per heavy atom. The summed E-state index contributed by atoms with van der Waals surface area (Å²) in [5.74, 6) is 2.42. The summed E-state index contributed by atoms with van der Waals surface area (Å²) in [6.45, 7) is 5.51. The van der Waals surface area contributed by atoms with Crippen molar-refractivity contribution in [2.45, 2.75) is 45.6 Å². The zero-order valence-corrected chi connectivity index (χ0v) is 13.5. The van der Waals surface area contributed by atoms with Gasteiger partial charge in [-0.1, -0.05) is 44.4 Å². The van der Waals surface area contributed by atoms with E-state index in [9.17, 15) is 0 Å². The predicted octanol–water partition coefficient (Wildman–Crippen LogP) is 4.83. The van der Waals surface area contributed by atoms with Crippen LogP contribution in [0.5, 0.6) is 5.75 Å². The maximum atomic E-state index is 6.09. The SMILES string of the molecule is CCNC(c1ccc(Cl)cc1OC)C1CCCC(C)C1. The summed E-state index contributed by atoms with van der Waals surface area (Å²) in [4.78, 5) is 0. The van der Waals surface area contributed by atoms with Crippen molar-refractivity contribution in [2.24, 2.45) is 11.8 Å². The first-order valence-electron chi connectivity index (χ1n) is 7.72. The molecule has 1 N–H and O–H groups in total. The molecule has 3 heteroatoms. The molecule has 0 aliphatic heterocycles. The van der Waals surface area contributed by atoms with E-state index in [2.05, 4.69) is 25.2 Å². The van der Waals surface area contributed by atoms with Gasteiger partial charge >= 0.3 is 0 Å². The highest BCUT2D eigenvalue weighted by Gasteiger charge is 2.29. The molecule has 1 saturated carbocycles. The highest BCUT2D eigenvalue weighted by Crippen LogP contribution is 2.40. The number of nitrogens with one attached hydrogen (secondary N) is 1. The number of hydrogen-bond donors (Lipinski definition) is 1. The van der Waals surface area contributed by atoms with Gasteiger partial charge in [0.1, 0.15) is 5.75 Å². The summed E-state index contributed by atoms with van der Waals surface area (Å²) in [6.07, 6.45) is 5.30. The van der Waals surface area contributed by atoms with E-state index < -0.39 is 0 Å². The van der Waals surface area contributed by atoms with Crippen molar-refractivity contribution in [1.82, 2.24) is 5.32 Å². The first-order valence-corrected chi connectivity index (χ1v) is 8.10. The standard InChI is InChI=1S/C17H26ClNO/c1-4-19-17(13-7-5-6-12(2)10-13)15-9-8-14(18)11-16(15)20-3/h8-9,11-13,17,19H,4-7,10H2,1-3H3. The van der Waals surface area contributed by atoms with Gasteiger partial charge in [-0.3, -0.25) is 0 Å². The van der Waals surface area contributed by atoms with Gasteiger partial charge < -0.3 is 10.1 Å². The molecule has 2 nitrogen and oxygen atoms in total. The first kappa shape index (κ1) is 15.7. The second-order valence-corrected chi connectivity index (χ2v) is 6.39. The Kier molecular flexibility index (Phi) is 5.74. The van der Waals surface area contributed by atoms with Crippen LogP contribution in [0.1, 0.15) is 51.1 Å². The van der Waals surface area contributed by atoms with Crippen LogP contribution in [-0.4, -0.2) is 13.7 Å². The number of hydrogen-bond acceptors (Lipinski definition) is 2. The van der Waals surface area contributed by atoms with Crippen LogP contribution in [0.25, 0.3) is 0 Å². The largest absolute Gasteiger partial charge is 0.496 e. The average Bonchev–Trinajstić information content (AvgIpc) is 2.45. The Bertz CT molecular complexity index is 435. The monoisotopic (exact) mass is 295 g/mol. The summed E-state index contributed by atoms with van der Waals surface area (Å²) in [5.41, 5.74) is 1.25. The van der Waals surface area contributed by atoms with Gasteiger partial charge in [0.25, 0.3) is 0 Å². The predicted molar refractivity (Wildman–Crippen MR) is 85.5 cm³/mol. The fraction of sp³-hybridized carbons (Fsp3) is 0.647. The van der Waals surface area contributed by atoms with Gasteiger partial charge in [0.2, 0.25) is 0 Å². The zero-order valence-electron chi connectivity index (χ0n) is 12.8. The van der Waals surface area contributed by atoms with Gasteiger partial charge in [-0.15, -0.1) is 0 Å². The Morgan fingerprint density at radius 3 is 2.85 bits per heavy atom. The van der Waals surface area contributed by atoms with Crippen molar-refractivity contribution >= 4 is 11.6 Å². The molecule has 0 spiro atoms. The lowest BCUT2D eigenvalue weighted by Crippen LogP contribution is -2.31. The van der Waals surface area contributed by atoms with Gasteiger partial charge in [0.05, 0.1) is 7.11 Å². The van der Waals surface area contributed by atoms with Crippen LogP contribution < -0.4 is 10.1 Å². The molecular weight excluding hydrogens is 270 g/mol. The number of benzene rings is 1. The molecule has 0 heterocycles. The summed E-state index contributed by atoms with van der Waals surface area (Å²) in [7, 11) is 1.72.